The van der Waals surface area contributed by atoms with Crippen LogP contribution >= 0.6 is 0 Å². The van der Waals surface area contributed by atoms with Crippen molar-refractivity contribution in [3.8, 4) is 11.5 Å². The van der Waals surface area contributed by atoms with Gasteiger partial charge in [0, 0.05) is 24.7 Å². The van der Waals surface area contributed by atoms with Gasteiger partial charge in [0.1, 0.15) is 11.5 Å². The fourth-order valence-electron chi connectivity index (χ4n) is 1.81. The minimum absolute atomic E-state index is 0.102. The lowest BCUT2D eigenvalue weighted by atomic mass is 9.99. The van der Waals surface area contributed by atoms with Gasteiger partial charge in [-0.3, -0.25) is 0 Å². The third-order valence-corrected chi connectivity index (χ3v) is 2.74. The molecule has 0 saturated carbocycles. The standard InChI is InChI=1S/C12H15NO2/c1-13-6-4-9(5-7-13)11-3-2-10(14)8-12(11)15/h2-4,8,14-15H,5-7H2,1H3. The third kappa shape index (κ3) is 2.13. The van der Waals surface area contributed by atoms with E-state index < -0.39 is 0 Å². The van der Waals surface area contributed by atoms with E-state index in [1.807, 2.05) is 0 Å². The van der Waals surface area contributed by atoms with E-state index in [2.05, 4.69) is 18.0 Å². The van der Waals surface area contributed by atoms with E-state index >= 15 is 0 Å². The summed E-state index contributed by atoms with van der Waals surface area (Å²) in [7, 11) is 2.07. The molecular weight excluding hydrogens is 190 g/mol. The Morgan fingerprint density at radius 1 is 1.27 bits per heavy atom. The molecule has 0 unspecified atom stereocenters. The molecule has 0 amide bonds. The fraction of sp³-hybridized carbons (Fsp3) is 0.333. The predicted octanol–water partition coefficient (Wildman–Crippen LogP) is 1.82. The first kappa shape index (κ1) is 10.1. The number of nitrogens with zero attached hydrogens (tertiary/aromatic N) is 1. The minimum atomic E-state index is 0.102. The van der Waals surface area contributed by atoms with Crippen LogP contribution in [-0.2, 0) is 0 Å². The van der Waals surface area contributed by atoms with Crippen LogP contribution in [0.1, 0.15) is 12.0 Å². The molecule has 1 aromatic rings. The topological polar surface area (TPSA) is 43.7 Å². The maximum atomic E-state index is 9.70. The van der Waals surface area contributed by atoms with Crippen molar-refractivity contribution in [1.29, 1.82) is 0 Å². The zero-order valence-corrected chi connectivity index (χ0v) is 8.77. The number of phenolic OH excluding ortho intramolecular Hbond substituents is 2. The van der Waals surface area contributed by atoms with E-state index in [1.165, 1.54) is 6.07 Å². The number of hydrogen-bond acceptors (Lipinski definition) is 3. The van der Waals surface area contributed by atoms with Crippen molar-refractivity contribution >= 4 is 5.57 Å². The summed E-state index contributed by atoms with van der Waals surface area (Å²) in [6, 6.07) is 4.75. The Balaban J connectivity index is 2.30. The normalized spacial score (nSPS) is 17.5. The van der Waals surface area contributed by atoms with Crippen molar-refractivity contribution < 1.29 is 10.2 Å². The van der Waals surface area contributed by atoms with Gasteiger partial charge in [-0.25, -0.2) is 0 Å². The number of phenols is 2. The molecule has 80 valence electrons. The lowest BCUT2D eigenvalue weighted by Gasteiger charge is -2.22. The van der Waals surface area contributed by atoms with Gasteiger partial charge >= 0.3 is 0 Å². The van der Waals surface area contributed by atoms with Crippen molar-refractivity contribution in [2.75, 3.05) is 20.1 Å². The molecule has 0 spiro atoms. The first-order valence-electron chi connectivity index (χ1n) is 5.07. The van der Waals surface area contributed by atoms with Gasteiger partial charge in [-0.1, -0.05) is 6.08 Å². The predicted molar refractivity (Wildman–Crippen MR) is 59.9 cm³/mol. The average Bonchev–Trinajstić information content (AvgIpc) is 2.20. The SMILES string of the molecule is CN1CC=C(c2ccc(O)cc2O)CC1. The number of likely N-dealkylation sites (N-methyl/N-ethyl adjacent to an activating group) is 1. The first-order valence-corrected chi connectivity index (χ1v) is 5.07. The van der Waals surface area contributed by atoms with Crippen LogP contribution in [0.2, 0.25) is 0 Å². The Hall–Kier alpha value is -1.48. The Kier molecular flexibility index (Phi) is 2.64. The van der Waals surface area contributed by atoms with E-state index in [9.17, 15) is 10.2 Å². The molecule has 0 saturated heterocycles. The highest BCUT2D eigenvalue weighted by Gasteiger charge is 2.12. The number of aromatic hydroxyl groups is 2. The van der Waals surface area contributed by atoms with Crippen LogP contribution in [0, 0.1) is 0 Å². The van der Waals surface area contributed by atoms with Crippen LogP contribution in [0.3, 0.4) is 0 Å². The molecule has 1 aliphatic heterocycles. The molecule has 1 heterocycles. The molecule has 15 heavy (non-hydrogen) atoms. The summed E-state index contributed by atoms with van der Waals surface area (Å²) in [5.74, 6) is 0.260. The van der Waals surface area contributed by atoms with Crippen LogP contribution in [0.4, 0.5) is 0 Å². The van der Waals surface area contributed by atoms with Gasteiger partial charge in [-0.2, -0.15) is 0 Å². The molecule has 3 heteroatoms. The summed E-state index contributed by atoms with van der Waals surface area (Å²) in [6.07, 6.45) is 3.06. The van der Waals surface area contributed by atoms with Crippen LogP contribution in [-0.4, -0.2) is 35.3 Å². The van der Waals surface area contributed by atoms with Crippen molar-refractivity contribution in [1.82, 2.24) is 4.90 Å². The zero-order valence-electron chi connectivity index (χ0n) is 8.77. The molecule has 0 fully saturated rings. The average molecular weight is 205 g/mol. The molecule has 0 bridgehead atoms. The van der Waals surface area contributed by atoms with Crippen LogP contribution < -0.4 is 0 Å². The lowest BCUT2D eigenvalue weighted by Crippen LogP contribution is -2.23. The maximum absolute atomic E-state index is 9.70. The van der Waals surface area contributed by atoms with Crippen molar-refractivity contribution in [3.63, 3.8) is 0 Å². The first-order chi connectivity index (χ1) is 7.16. The summed E-state index contributed by atoms with van der Waals surface area (Å²) < 4.78 is 0. The van der Waals surface area contributed by atoms with Gasteiger partial charge in [0.25, 0.3) is 0 Å². The molecule has 3 nitrogen and oxygen atoms in total. The second kappa shape index (κ2) is 3.95. The smallest absolute Gasteiger partial charge is 0.126 e. The summed E-state index contributed by atoms with van der Waals surface area (Å²) >= 11 is 0. The second-order valence-electron chi connectivity index (χ2n) is 3.94. The second-order valence-corrected chi connectivity index (χ2v) is 3.94. The quantitative estimate of drug-likeness (QED) is 0.735. The lowest BCUT2D eigenvalue weighted by molar-refractivity contribution is 0.369. The molecule has 2 N–H and O–H groups in total. The highest BCUT2D eigenvalue weighted by Crippen LogP contribution is 2.31. The number of hydrogen-bond donors (Lipinski definition) is 2. The Morgan fingerprint density at radius 2 is 2.07 bits per heavy atom. The third-order valence-electron chi connectivity index (χ3n) is 2.74. The monoisotopic (exact) mass is 205 g/mol. The van der Waals surface area contributed by atoms with Gasteiger partial charge in [0.15, 0.2) is 0 Å². The zero-order chi connectivity index (χ0) is 10.8. The van der Waals surface area contributed by atoms with E-state index in [4.69, 9.17) is 0 Å². The Morgan fingerprint density at radius 3 is 2.67 bits per heavy atom. The highest BCUT2D eigenvalue weighted by molar-refractivity contribution is 5.71. The summed E-state index contributed by atoms with van der Waals surface area (Å²) in [4.78, 5) is 2.22. The van der Waals surface area contributed by atoms with E-state index in [0.717, 1.165) is 30.6 Å². The molecule has 1 aliphatic rings. The largest absolute Gasteiger partial charge is 0.508 e. The molecule has 0 aromatic heterocycles. The molecular formula is C12H15NO2. The highest BCUT2D eigenvalue weighted by atomic mass is 16.3. The van der Waals surface area contributed by atoms with Gasteiger partial charge in [0.05, 0.1) is 0 Å². The number of benzene rings is 1. The minimum Gasteiger partial charge on any atom is -0.508 e. The van der Waals surface area contributed by atoms with Gasteiger partial charge < -0.3 is 15.1 Å². The van der Waals surface area contributed by atoms with Crippen molar-refractivity contribution in [3.05, 3.63) is 29.8 Å². The van der Waals surface area contributed by atoms with Crippen molar-refractivity contribution in [2.45, 2.75) is 6.42 Å². The van der Waals surface area contributed by atoms with Gasteiger partial charge in [0.2, 0.25) is 0 Å². The molecule has 2 rings (SSSR count). The van der Waals surface area contributed by atoms with Crippen molar-refractivity contribution in [2.24, 2.45) is 0 Å². The molecule has 0 aliphatic carbocycles. The summed E-state index contributed by atoms with van der Waals surface area (Å²) in [6.45, 7) is 1.92. The van der Waals surface area contributed by atoms with E-state index in [0.29, 0.717) is 0 Å². The van der Waals surface area contributed by atoms with Gasteiger partial charge in [-0.15, -0.1) is 0 Å². The van der Waals surface area contributed by atoms with Gasteiger partial charge in [-0.05, 0) is 31.2 Å². The fourth-order valence-corrected chi connectivity index (χ4v) is 1.81. The van der Waals surface area contributed by atoms with Crippen LogP contribution in [0.25, 0.3) is 5.57 Å². The van der Waals surface area contributed by atoms with E-state index in [-0.39, 0.29) is 11.5 Å². The maximum Gasteiger partial charge on any atom is 0.126 e. The number of rotatable bonds is 1. The molecule has 1 aromatic carbocycles. The van der Waals surface area contributed by atoms with E-state index in [1.54, 1.807) is 12.1 Å². The summed E-state index contributed by atoms with van der Waals surface area (Å²) in [5, 5.41) is 18.9. The Labute approximate surface area is 89.3 Å². The van der Waals surface area contributed by atoms with Crippen LogP contribution in [0.15, 0.2) is 24.3 Å². The van der Waals surface area contributed by atoms with Crippen LogP contribution in [0.5, 0.6) is 11.5 Å². The molecule has 0 atom stereocenters. The Bertz CT molecular complexity index is 399. The summed E-state index contributed by atoms with van der Waals surface area (Å²) in [5.41, 5.74) is 1.99. The molecule has 0 radical (unpaired) electrons.